The van der Waals surface area contributed by atoms with Gasteiger partial charge in [-0.25, -0.2) is 0 Å². The van der Waals surface area contributed by atoms with Crippen molar-refractivity contribution >= 4 is 17.4 Å². The van der Waals surface area contributed by atoms with Gasteiger partial charge in [-0.3, -0.25) is 0 Å². The molecule has 0 spiro atoms. The van der Waals surface area contributed by atoms with Crippen molar-refractivity contribution in [1.29, 1.82) is 0 Å². The fourth-order valence-corrected chi connectivity index (χ4v) is 3.12. The van der Waals surface area contributed by atoms with E-state index in [0.717, 1.165) is 43.0 Å². The number of nitrogen functional groups attached to an aromatic ring is 1. The van der Waals surface area contributed by atoms with Crippen molar-refractivity contribution in [1.82, 2.24) is 5.32 Å². The topological polar surface area (TPSA) is 38.0 Å². The largest absolute Gasteiger partial charge is 0.416 e. The fraction of sp³-hybridized carbons (Fsp3) is 0.500. The minimum absolute atomic E-state index is 0.209. The number of piperidine rings is 1. The van der Waals surface area contributed by atoms with E-state index in [2.05, 4.69) is 5.32 Å². The third kappa shape index (κ3) is 3.32. The van der Waals surface area contributed by atoms with Crippen LogP contribution >= 0.6 is 11.8 Å². The van der Waals surface area contributed by atoms with Crippen LogP contribution in [0.5, 0.6) is 0 Å². The van der Waals surface area contributed by atoms with E-state index in [1.54, 1.807) is 11.8 Å². The molecule has 6 heteroatoms. The van der Waals surface area contributed by atoms with Gasteiger partial charge in [-0.2, -0.15) is 13.2 Å². The van der Waals surface area contributed by atoms with Gasteiger partial charge in [-0.1, -0.05) is 0 Å². The maximum Gasteiger partial charge on any atom is 0.416 e. The van der Waals surface area contributed by atoms with Crippen LogP contribution in [0, 0.1) is 0 Å². The average molecular weight is 276 g/mol. The molecule has 1 heterocycles. The van der Waals surface area contributed by atoms with E-state index >= 15 is 0 Å². The van der Waals surface area contributed by atoms with E-state index in [4.69, 9.17) is 5.73 Å². The highest BCUT2D eigenvalue weighted by Crippen LogP contribution is 2.36. The first-order valence-electron chi connectivity index (χ1n) is 5.81. The molecule has 100 valence electrons. The molecular weight excluding hydrogens is 261 g/mol. The van der Waals surface area contributed by atoms with E-state index in [1.807, 2.05) is 0 Å². The highest BCUT2D eigenvalue weighted by molar-refractivity contribution is 8.00. The number of hydrogen-bond acceptors (Lipinski definition) is 3. The fourth-order valence-electron chi connectivity index (χ4n) is 1.93. The van der Waals surface area contributed by atoms with Gasteiger partial charge in [0.2, 0.25) is 0 Å². The minimum Gasteiger partial charge on any atom is -0.398 e. The van der Waals surface area contributed by atoms with Gasteiger partial charge in [0, 0.05) is 22.4 Å². The Labute approximate surface area is 108 Å². The number of thioether (sulfide) groups is 1. The Kier molecular flexibility index (Phi) is 4.07. The summed E-state index contributed by atoms with van der Waals surface area (Å²) in [5.74, 6) is 0. The van der Waals surface area contributed by atoms with Crippen LogP contribution in [0.25, 0.3) is 0 Å². The normalized spacial score (nSPS) is 20.9. The second kappa shape index (κ2) is 5.40. The van der Waals surface area contributed by atoms with Gasteiger partial charge in [0.25, 0.3) is 0 Å². The summed E-state index contributed by atoms with van der Waals surface area (Å²) in [6.07, 6.45) is -2.17. The first kappa shape index (κ1) is 13.5. The Hall–Kier alpha value is -0.880. The zero-order valence-electron chi connectivity index (χ0n) is 9.76. The number of alkyl halides is 3. The van der Waals surface area contributed by atoms with Crippen molar-refractivity contribution < 1.29 is 13.2 Å². The molecule has 0 aromatic heterocycles. The zero-order chi connectivity index (χ0) is 13.2. The van der Waals surface area contributed by atoms with Crippen LogP contribution in [-0.4, -0.2) is 18.3 Å². The smallest absolute Gasteiger partial charge is 0.398 e. The molecular formula is C12H15F3N2S. The van der Waals surface area contributed by atoms with Crippen LogP contribution in [0.15, 0.2) is 23.1 Å². The van der Waals surface area contributed by atoms with E-state index in [0.29, 0.717) is 5.25 Å². The van der Waals surface area contributed by atoms with Crippen LogP contribution in [-0.2, 0) is 6.18 Å². The van der Waals surface area contributed by atoms with Gasteiger partial charge in [0.15, 0.2) is 0 Å². The maximum absolute atomic E-state index is 12.5. The van der Waals surface area contributed by atoms with E-state index in [-0.39, 0.29) is 5.69 Å². The number of anilines is 1. The zero-order valence-corrected chi connectivity index (χ0v) is 10.6. The summed E-state index contributed by atoms with van der Waals surface area (Å²) in [7, 11) is 0. The van der Waals surface area contributed by atoms with Crippen LogP contribution in [0.2, 0.25) is 0 Å². The lowest BCUT2D eigenvalue weighted by molar-refractivity contribution is -0.137. The van der Waals surface area contributed by atoms with Crippen molar-refractivity contribution in [2.75, 3.05) is 18.8 Å². The predicted molar refractivity (Wildman–Crippen MR) is 67.6 cm³/mol. The lowest BCUT2D eigenvalue weighted by Crippen LogP contribution is -2.31. The van der Waals surface area contributed by atoms with Crippen molar-refractivity contribution in [2.24, 2.45) is 0 Å². The molecule has 18 heavy (non-hydrogen) atoms. The maximum atomic E-state index is 12.5. The molecule has 0 saturated carbocycles. The Morgan fingerprint density at radius 1 is 1.33 bits per heavy atom. The summed E-state index contributed by atoms with van der Waals surface area (Å²) >= 11 is 1.56. The number of benzene rings is 1. The molecule has 0 aliphatic carbocycles. The second-order valence-electron chi connectivity index (χ2n) is 4.34. The van der Waals surface area contributed by atoms with Gasteiger partial charge in [0.1, 0.15) is 0 Å². The second-order valence-corrected chi connectivity index (χ2v) is 5.68. The van der Waals surface area contributed by atoms with Crippen molar-refractivity contribution in [3.63, 3.8) is 0 Å². The summed E-state index contributed by atoms with van der Waals surface area (Å²) in [6.45, 7) is 1.89. The SMILES string of the molecule is Nc1cc(C(F)(F)F)ccc1SC1CCCNC1. The molecule has 3 N–H and O–H groups in total. The van der Waals surface area contributed by atoms with Crippen molar-refractivity contribution in [3.05, 3.63) is 23.8 Å². The summed E-state index contributed by atoms with van der Waals surface area (Å²) < 4.78 is 37.5. The van der Waals surface area contributed by atoms with Crippen LogP contribution in [0.3, 0.4) is 0 Å². The Bertz CT molecular complexity index is 414. The number of halogens is 3. The Morgan fingerprint density at radius 2 is 2.11 bits per heavy atom. The molecule has 1 atom stereocenters. The monoisotopic (exact) mass is 276 g/mol. The highest BCUT2D eigenvalue weighted by Gasteiger charge is 2.31. The lowest BCUT2D eigenvalue weighted by Gasteiger charge is -2.23. The molecule has 1 aromatic rings. The first-order chi connectivity index (χ1) is 8.47. The molecule has 0 amide bonds. The van der Waals surface area contributed by atoms with Gasteiger partial charge in [0.05, 0.1) is 5.56 Å². The van der Waals surface area contributed by atoms with Crippen molar-refractivity contribution in [3.8, 4) is 0 Å². The number of hydrogen-bond donors (Lipinski definition) is 2. The van der Waals surface area contributed by atoms with Crippen LogP contribution in [0.4, 0.5) is 18.9 Å². The molecule has 0 radical (unpaired) electrons. The van der Waals surface area contributed by atoms with Crippen LogP contribution in [0.1, 0.15) is 18.4 Å². The first-order valence-corrected chi connectivity index (χ1v) is 6.69. The van der Waals surface area contributed by atoms with Crippen molar-refractivity contribution in [2.45, 2.75) is 29.2 Å². The molecule has 1 fully saturated rings. The number of nitrogens with two attached hydrogens (primary N) is 1. The lowest BCUT2D eigenvalue weighted by atomic mass is 10.2. The Morgan fingerprint density at radius 3 is 2.67 bits per heavy atom. The predicted octanol–water partition coefficient (Wildman–Crippen LogP) is 3.13. The molecule has 1 aromatic carbocycles. The highest BCUT2D eigenvalue weighted by atomic mass is 32.2. The summed E-state index contributed by atoms with van der Waals surface area (Å²) in [6, 6.07) is 3.57. The van der Waals surface area contributed by atoms with Gasteiger partial charge in [-0.05, 0) is 37.6 Å². The van der Waals surface area contributed by atoms with Gasteiger partial charge < -0.3 is 11.1 Å². The summed E-state index contributed by atoms with van der Waals surface area (Å²) in [4.78, 5) is 0.733. The standard InChI is InChI=1S/C12H15F3N2S/c13-12(14,15)8-3-4-11(10(16)6-8)18-9-2-1-5-17-7-9/h3-4,6,9,17H,1-2,5,7,16H2. The third-order valence-corrected chi connectivity index (χ3v) is 4.24. The van der Waals surface area contributed by atoms with Crippen LogP contribution < -0.4 is 11.1 Å². The molecule has 1 saturated heterocycles. The summed E-state index contributed by atoms with van der Waals surface area (Å²) in [5.41, 5.74) is 5.21. The third-order valence-electron chi connectivity index (χ3n) is 2.88. The van der Waals surface area contributed by atoms with Gasteiger partial charge in [-0.15, -0.1) is 11.8 Å². The summed E-state index contributed by atoms with van der Waals surface area (Å²) in [5, 5.41) is 3.66. The minimum atomic E-state index is -4.33. The molecule has 1 unspecified atom stereocenters. The van der Waals surface area contributed by atoms with E-state index in [1.165, 1.54) is 6.07 Å². The molecule has 2 rings (SSSR count). The van der Waals surface area contributed by atoms with E-state index in [9.17, 15) is 13.2 Å². The molecule has 1 aliphatic rings. The Balaban J connectivity index is 2.09. The van der Waals surface area contributed by atoms with E-state index < -0.39 is 11.7 Å². The number of nitrogens with one attached hydrogen (secondary N) is 1. The average Bonchev–Trinajstić information content (AvgIpc) is 2.32. The van der Waals surface area contributed by atoms with Gasteiger partial charge >= 0.3 is 6.18 Å². The number of rotatable bonds is 2. The molecule has 2 nitrogen and oxygen atoms in total. The molecule has 0 bridgehead atoms. The molecule has 1 aliphatic heterocycles. The quantitative estimate of drug-likeness (QED) is 0.815.